The molecule has 0 unspecified atom stereocenters. The highest BCUT2D eigenvalue weighted by molar-refractivity contribution is 5.26. The second-order valence-corrected chi connectivity index (χ2v) is 5.67. The lowest BCUT2D eigenvalue weighted by Crippen LogP contribution is -2.37. The molecule has 0 spiro atoms. The summed E-state index contributed by atoms with van der Waals surface area (Å²) >= 11 is 0. The number of anilines is 1. The Labute approximate surface area is 123 Å². The van der Waals surface area contributed by atoms with Crippen LogP contribution in [-0.2, 0) is 6.54 Å². The fraction of sp³-hybridized carbons (Fsp3) is 0.867. The molecule has 0 atom stereocenters. The van der Waals surface area contributed by atoms with E-state index in [2.05, 4.69) is 55.0 Å². The fourth-order valence-corrected chi connectivity index (χ4v) is 2.31. The van der Waals surface area contributed by atoms with Crippen molar-refractivity contribution in [2.75, 3.05) is 18.0 Å². The van der Waals surface area contributed by atoms with Gasteiger partial charge in [0.15, 0.2) is 0 Å². The third-order valence-corrected chi connectivity index (χ3v) is 3.35. The predicted octanol–water partition coefficient (Wildman–Crippen LogP) is 3.22. The van der Waals surface area contributed by atoms with Crippen LogP contribution in [0.3, 0.4) is 0 Å². The maximum absolute atomic E-state index is 5.82. The monoisotopic (exact) mass is 282 g/mol. The Hall–Kier alpha value is -1.10. The second-order valence-electron chi connectivity index (χ2n) is 5.67. The summed E-state index contributed by atoms with van der Waals surface area (Å²) in [4.78, 5) is 2.26. The quantitative estimate of drug-likeness (QED) is 0.668. The molecule has 1 aromatic rings. The van der Waals surface area contributed by atoms with Crippen molar-refractivity contribution in [1.82, 2.24) is 15.5 Å². The Morgan fingerprint density at radius 1 is 1.15 bits per heavy atom. The fourth-order valence-electron chi connectivity index (χ4n) is 2.31. The van der Waals surface area contributed by atoms with Crippen molar-refractivity contribution < 1.29 is 4.42 Å². The standard InChI is InChI=1S/C15H30N4O/c1-6-9-16-10-14-17-18-15(20-14)19(11-12(4)5)13(7-2)8-3/h12-13,16H,6-11H2,1-5H3. The van der Waals surface area contributed by atoms with Gasteiger partial charge in [0.05, 0.1) is 6.54 Å². The third kappa shape index (κ3) is 5.12. The molecule has 0 fully saturated rings. The molecule has 5 nitrogen and oxygen atoms in total. The van der Waals surface area contributed by atoms with Crippen LogP contribution in [0.5, 0.6) is 0 Å². The van der Waals surface area contributed by atoms with E-state index < -0.39 is 0 Å². The van der Waals surface area contributed by atoms with Gasteiger partial charge in [-0.05, 0) is 31.7 Å². The minimum atomic E-state index is 0.467. The smallest absolute Gasteiger partial charge is 0.318 e. The van der Waals surface area contributed by atoms with Gasteiger partial charge in [-0.2, -0.15) is 0 Å². The molecule has 20 heavy (non-hydrogen) atoms. The molecule has 5 heteroatoms. The van der Waals surface area contributed by atoms with Crippen LogP contribution < -0.4 is 10.2 Å². The molecule has 1 aromatic heterocycles. The minimum absolute atomic E-state index is 0.467. The number of aromatic nitrogens is 2. The van der Waals surface area contributed by atoms with Gasteiger partial charge in [-0.3, -0.25) is 0 Å². The molecule has 0 amide bonds. The Bertz CT molecular complexity index is 361. The summed E-state index contributed by atoms with van der Waals surface area (Å²) in [5, 5.41) is 11.7. The van der Waals surface area contributed by atoms with Crippen LogP contribution in [0.1, 0.15) is 59.8 Å². The molecule has 0 saturated heterocycles. The first-order chi connectivity index (χ1) is 9.62. The van der Waals surface area contributed by atoms with Crippen molar-refractivity contribution >= 4 is 6.01 Å². The van der Waals surface area contributed by atoms with Crippen LogP contribution in [0.2, 0.25) is 0 Å². The van der Waals surface area contributed by atoms with Crippen molar-refractivity contribution in [3.05, 3.63) is 5.89 Å². The molecule has 0 aliphatic heterocycles. The molecule has 0 aliphatic carbocycles. The number of hydrogen-bond donors (Lipinski definition) is 1. The Kier molecular flexibility index (Phi) is 7.59. The van der Waals surface area contributed by atoms with Crippen molar-refractivity contribution in [3.8, 4) is 0 Å². The van der Waals surface area contributed by atoms with E-state index >= 15 is 0 Å². The normalized spacial score (nSPS) is 11.6. The average molecular weight is 282 g/mol. The van der Waals surface area contributed by atoms with E-state index in [1.807, 2.05) is 0 Å². The maximum atomic E-state index is 5.82. The molecule has 1 heterocycles. The summed E-state index contributed by atoms with van der Waals surface area (Å²) in [6.45, 7) is 13.6. The molecule has 0 bridgehead atoms. The number of nitrogens with zero attached hydrogens (tertiary/aromatic N) is 3. The molecule has 1 rings (SSSR count). The Morgan fingerprint density at radius 3 is 2.40 bits per heavy atom. The molecule has 116 valence electrons. The summed E-state index contributed by atoms with van der Waals surface area (Å²) < 4.78 is 5.82. The minimum Gasteiger partial charge on any atom is -0.407 e. The zero-order chi connectivity index (χ0) is 15.0. The van der Waals surface area contributed by atoms with Crippen LogP contribution in [0.4, 0.5) is 6.01 Å². The zero-order valence-corrected chi connectivity index (χ0v) is 13.6. The average Bonchev–Trinajstić information content (AvgIpc) is 2.87. The lowest BCUT2D eigenvalue weighted by Gasteiger charge is -2.30. The first-order valence-corrected chi connectivity index (χ1v) is 7.91. The molecular formula is C15H30N4O. The van der Waals surface area contributed by atoms with Gasteiger partial charge in [-0.15, -0.1) is 5.10 Å². The first-order valence-electron chi connectivity index (χ1n) is 7.91. The van der Waals surface area contributed by atoms with E-state index in [1.165, 1.54) is 0 Å². The van der Waals surface area contributed by atoms with Crippen LogP contribution in [-0.4, -0.2) is 29.3 Å². The Balaban J connectivity index is 2.74. The molecule has 0 aromatic carbocycles. The summed E-state index contributed by atoms with van der Waals surface area (Å²) in [6.07, 6.45) is 3.29. The second kappa shape index (κ2) is 8.95. The predicted molar refractivity (Wildman–Crippen MR) is 82.8 cm³/mol. The molecular weight excluding hydrogens is 252 g/mol. The maximum Gasteiger partial charge on any atom is 0.318 e. The summed E-state index contributed by atoms with van der Waals surface area (Å²) in [7, 11) is 0. The van der Waals surface area contributed by atoms with Crippen molar-refractivity contribution in [3.63, 3.8) is 0 Å². The Morgan fingerprint density at radius 2 is 1.85 bits per heavy atom. The topological polar surface area (TPSA) is 54.2 Å². The van der Waals surface area contributed by atoms with E-state index in [-0.39, 0.29) is 0 Å². The highest BCUT2D eigenvalue weighted by Crippen LogP contribution is 2.20. The molecule has 0 saturated carbocycles. The third-order valence-electron chi connectivity index (χ3n) is 3.35. The van der Waals surface area contributed by atoms with Gasteiger partial charge in [-0.1, -0.05) is 39.7 Å². The van der Waals surface area contributed by atoms with Gasteiger partial charge in [-0.25, -0.2) is 0 Å². The van der Waals surface area contributed by atoms with Gasteiger partial charge in [0.25, 0.3) is 0 Å². The van der Waals surface area contributed by atoms with Crippen molar-refractivity contribution in [1.29, 1.82) is 0 Å². The molecule has 1 N–H and O–H groups in total. The number of rotatable bonds is 10. The highest BCUT2D eigenvalue weighted by Gasteiger charge is 2.22. The lowest BCUT2D eigenvalue weighted by atomic mass is 10.1. The lowest BCUT2D eigenvalue weighted by molar-refractivity contribution is 0.421. The van der Waals surface area contributed by atoms with Crippen LogP contribution >= 0.6 is 0 Å². The van der Waals surface area contributed by atoms with Gasteiger partial charge in [0.2, 0.25) is 5.89 Å². The van der Waals surface area contributed by atoms with Crippen molar-refractivity contribution in [2.24, 2.45) is 5.92 Å². The summed E-state index contributed by atoms with van der Waals surface area (Å²) in [5.74, 6) is 1.25. The molecule has 0 aliphatic rings. The largest absolute Gasteiger partial charge is 0.407 e. The summed E-state index contributed by atoms with van der Waals surface area (Å²) in [5.41, 5.74) is 0. The van der Waals surface area contributed by atoms with Gasteiger partial charge in [0.1, 0.15) is 0 Å². The SMILES string of the molecule is CCCNCc1nnc(N(CC(C)C)C(CC)CC)o1. The highest BCUT2D eigenvalue weighted by atomic mass is 16.4. The van der Waals surface area contributed by atoms with E-state index in [4.69, 9.17) is 4.42 Å². The van der Waals surface area contributed by atoms with E-state index in [0.717, 1.165) is 32.4 Å². The van der Waals surface area contributed by atoms with Gasteiger partial charge < -0.3 is 14.6 Å². The zero-order valence-electron chi connectivity index (χ0n) is 13.6. The van der Waals surface area contributed by atoms with Gasteiger partial charge in [0, 0.05) is 12.6 Å². The van der Waals surface area contributed by atoms with Gasteiger partial charge >= 0.3 is 6.01 Å². The van der Waals surface area contributed by atoms with Crippen LogP contribution in [0.15, 0.2) is 4.42 Å². The first kappa shape index (κ1) is 17.0. The van der Waals surface area contributed by atoms with E-state index in [9.17, 15) is 0 Å². The van der Waals surface area contributed by atoms with E-state index in [0.29, 0.717) is 30.4 Å². The van der Waals surface area contributed by atoms with Crippen LogP contribution in [0.25, 0.3) is 0 Å². The van der Waals surface area contributed by atoms with E-state index in [1.54, 1.807) is 0 Å². The number of nitrogens with one attached hydrogen (secondary N) is 1. The molecule has 0 radical (unpaired) electrons. The van der Waals surface area contributed by atoms with Crippen molar-refractivity contribution in [2.45, 2.75) is 66.5 Å². The van der Waals surface area contributed by atoms with Crippen LogP contribution in [0, 0.1) is 5.92 Å². The number of hydrogen-bond acceptors (Lipinski definition) is 5. The summed E-state index contributed by atoms with van der Waals surface area (Å²) in [6, 6.07) is 1.13.